The van der Waals surface area contributed by atoms with Crippen molar-refractivity contribution in [2.45, 2.75) is 25.8 Å². The van der Waals surface area contributed by atoms with E-state index in [1.165, 1.54) is 6.07 Å². The van der Waals surface area contributed by atoms with Gasteiger partial charge < -0.3 is 5.11 Å². The fourth-order valence-corrected chi connectivity index (χ4v) is 2.54. The van der Waals surface area contributed by atoms with Crippen LogP contribution < -0.4 is 0 Å². The Hall–Kier alpha value is -1.13. The van der Waals surface area contributed by atoms with Crippen molar-refractivity contribution < 1.29 is 14.3 Å². The molecule has 2 rings (SSSR count). The molecule has 0 aromatic heterocycles. The van der Waals surface area contributed by atoms with E-state index < -0.39 is 5.97 Å². The first-order valence-corrected chi connectivity index (χ1v) is 6.31. The third-order valence-electron chi connectivity index (χ3n) is 3.78. The summed E-state index contributed by atoms with van der Waals surface area (Å²) in [6.45, 7) is 3.40. The average Bonchev–Trinajstić information content (AvgIpc) is 2.38. The van der Waals surface area contributed by atoms with E-state index in [1.807, 2.05) is 13.0 Å². The van der Waals surface area contributed by atoms with Crippen LogP contribution in [0.25, 0.3) is 0 Å². The van der Waals surface area contributed by atoms with E-state index in [-0.39, 0.29) is 30.2 Å². The van der Waals surface area contributed by atoms with Crippen molar-refractivity contribution in [2.75, 3.05) is 13.1 Å². The number of halogens is 2. The van der Waals surface area contributed by atoms with Gasteiger partial charge >= 0.3 is 5.97 Å². The van der Waals surface area contributed by atoms with Crippen molar-refractivity contribution in [3.05, 3.63) is 35.6 Å². The van der Waals surface area contributed by atoms with Gasteiger partial charge in [-0.05, 0) is 38.9 Å². The molecule has 1 aromatic rings. The Morgan fingerprint density at radius 1 is 1.37 bits per heavy atom. The second-order valence-electron chi connectivity index (χ2n) is 4.85. The number of piperidine rings is 1. The number of nitrogens with zero attached hydrogens (tertiary/aromatic N) is 1. The molecule has 1 heterocycles. The number of rotatable bonds is 3. The lowest BCUT2D eigenvalue weighted by Gasteiger charge is -2.35. The maximum Gasteiger partial charge on any atom is 0.306 e. The summed E-state index contributed by atoms with van der Waals surface area (Å²) in [5.41, 5.74) is 0.686. The molecule has 0 aliphatic carbocycles. The Kier molecular flexibility index (Phi) is 5.76. The first kappa shape index (κ1) is 15.9. The minimum Gasteiger partial charge on any atom is -0.481 e. The summed E-state index contributed by atoms with van der Waals surface area (Å²) < 4.78 is 13.7. The van der Waals surface area contributed by atoms with Crippen molar-refractivity contribution in [3.8, 4) is 0 Å². The number of likely N-dealkylation sites (tertiary alicyclic amines) is 1. The smallest absolute Gasteiger partial charge is 0.306 e. The van der Waals surface area contributed by atoms with Gasteiger partial charge in [0.1, 0.15) is 5.82 Å². The van der Waals surface area contributed by atoms with Gasteiger partial charge in [0.05, 0.1) is 5.92 Å². The molecule has 0 amide bonds. The molecule has 5 heteroatoms. The van der Waals surface area contributed by atoms with Gasteiger partial charge in [-0.1, -0.05) is 18.2 Å². The van der Waals surface area contributed by atoms with E-state index in [0.29, 0.717) is 31.5 Å². The molecule has 1 fully saturated rings. The summed E-state index contributed by atoms with van der Waals surface area (Å²) in [6.07, 6.45) is 1.29. The van der Waals surface area contributed by atoms with Gasteiger partial charge in [-0.15, -0.1) is 12.4 Å². The maximum atomic E-state index is 13.7. The van der Waals surface area contributed by atoms with Gasteiger partial charge in [0.15, 0.2) is 0 Å². The predicted octanol–water partition coefficient (Wildman–Crippen LogP) is 3.11. The molecular weight excluding hydrogens is 269 g/mol. The molecule has 0 bridgehead atoms. The van der Waals surface area contributed by atoms with E-state index in [0.717, 1.165) is 0 Å². The van der Waals surface area contributed by atoms with Gasteiger partial charge in [-0.3, -0.25) is 9.69 Å². The Morgan fingerprint density at radius 3 is 2.47 bits per heavy atom. The summed E-state index contributed by atoms with van der Waals surface area (Å²) >= 11 is 0. The lowest BCUT2D eigenvalue weighted by molar-refractivity contribution is -0.143. The van der Waals surface area contributed by atoms with Crippen LogP contribution in [0, 0.1) is 11.7 Å². The van der Waals surface area contributed by atoms with Crippen LogP contribution in [0.15, 0.2) is 24.3 Å². The molecule has 0 spiro atoms. The van der Waals surface area contributed by atoms with Gasteiger partial charge in [-0.25, -0.2) is 4.39 Å². The number of aliphatic carboxylic acids is 1. The molecule has 1 unspecified atom stereocenters. The van der Waals surface area contributed by atoms with Crippen LogP contribution in [0.1, 0.15) is 31.4 Å². The fourth-order valence-electron chi connectivity index (χ4n) is 2.54. The van der Waals surface area contributed by atoms with Crippen LogP contribution >= 0.6 is 12.4 Å². The zero-order valence-electron chi connectivity index (χ0n) is 10.9. The Morgan fingerprint density at radius 2 is 1.95 bits per heavy atom. The molecule has 1 aliphatic heterocycles. The second-order valence-corrected chi connectivity index (χ2v) is 4.85. The number of carbonyl (C=O) groups is 1. The molecule has 1 saturated heterocycles. The summed E-state index contributed by atoms with van der Waals surface area (Å²) in [5.74, 6) is -1.15. The van der Waals surface area contributed by atoms with Crippen LogP contribution in [0.3, 0.4) is 0 Å². The van der Waals surface area contributed by atoms with Gasteiger partial charge in [0.25, 0.3) is 0 Å². The Labute approximate surface area is 118 Å². The molecule has 106 valence electrons. The summed E-state index contributed by atoms with van der Waals surface area (Å²) in [6, 6.07) is 6.78. The van der Waals surface area contributed by atoms with E-state index in [1.54, 1.807) is 12.1 Å². The van der Waals surface area contributed by atoms with Gasteiger partial charge in [0, 0.05) is 11.6 Å². The minimum absolute atomic E-state index is 0. The van der Waals surface area contributed by atoms with Crippen LogP contribution in [-0.2, 0) is 4.79 Å². The van der Waals surface area contributed by atoms with Crippen molar-refractivity contribution in [1.82, 2.24) is 4.90 Å². The lowest BCUT2D eigenvalue weighted by Crippen LogP contribution is -2.38. The van der Waals surface area contributed by atoms with Crippen molar-refractivity contribution in [3.63, 3.8) is 0 Å². The van der Waals surface area contributed by atoms with E-state index in [2.05, 4.69) is 4.90 Å². The van der Waals surface area contributed by atoms with Crippen LogP contribution in [0.4, 0.5) is 4.39 Å². The fraction of sp³-hybridized carbons (Fsp3) is 0.500. The first-order chi connectivity index (χ1) is 8.59. The van der Waals surface area contributed by atoms with Crippen molar-refractivity contribution >= 4 is 18.4 Å². The predicted molar refractivity (Wildman–Crippen MR) is 74.0 cm³/mol. The topological polar surface area (TPSA) is 40.5 Å². The van der Waals surface area contributed by atoms with E-state index >= 15 is 0 Å². The number of carboxylic acids is 1. The van der Waals surface area contributed by atoms with E-state index in [4.69, 9.17) is 5.11 Å². The molecule has 1 aliphatic rings. The summed E-state index contributed by atoms with van der Waals surface area (Å²) in [5, 5.41) is 8.95. The second kappa shape index (κ2) is 6.87. The van der Waals surface area contributed by atoms with Gasteiger partial charge in [0.2, 0.25) is 0 Å². The summed E-state index contributed by atoms with van der Waals surface area (Å²) in [7, 11) is 0. The molecular formula is C14H19ClFNO2. The Bertz CT molecular complexity index is 433. The molecule has 0 radical (unpaired) electrons. The van der Waals surface area contributed by atoms with Crippen molar-refractivity contribution in [1.29, 1.82) is 0 Å². The number of carboxylic acid groups (broad SMARTS) is 1. The largest absolute Gasteiger partial charge is 0.481 e. The summed E-state index contributed by atoms with van der Waals surface area (Å²) in [4.78, 5) is 13.0. The number of hydrogen-bond donors (Lipinski definition) is 1. The zero-order valence-corrected chi connectivity index (χ0v) is 11.7. The van der Waals surface area contributed by atoms with E-state index in [9.17, 15) is 9.18 Å². The lowest BCUT2D eigenvalue weighted by atomic mass is 9.95. The highest BCUT2D eigenvalue weighted by Crippen LogP contribution is 2.27. The Balaban J connectivity index is 0.00000180. The van der Waals surface area contributed by atoms with Gasteiger partial charge in [-0.2, -0.15) is 0 Å². The molecule has 3 nitrogen and oxygen atoms in total. The third-order valence-corrected chi connectivity index (χ3v) is 3.78. The van der Waals surface area contributed by atoms with Crippen LogP contribution in [0.2, 0.25) is 0 Å². The monoisotopic (exact) mass is 287 g/mol. The van der Waals surface area contributed by atoms with Crippen LogP contribution in [0.5, 0.6) is 0 Å². The SMILES string of the molecule is CC(c1ccccc1F)N1CCC(C(=O)O)CC1.Cl. The average molecular weight is 288 g/mol. The highest BCUT2D eigenvalue weighted by Gasteiger charge is 2.28. The van der Waals surface area contributed by atoms with Crippen molar-refractivity contribution in [2.24, 2.45) is 5.92 Å². The molecule has 1 atom stereocenters. The maximum absolute atomic E-state index is 13.7. The van der Waals surface area contributed by atoms with Crippen LogP contribution in [-0.4, -0.2) is 29.1 Å². The minimum atomic E-state index is -0.715. The molecule has 0 saturated carbocycles. The number of hydrogen-bond acceptors (Lipinski definition) is 2. The molecule has 1 aromatic carbocycles. The molecule has 19 heavy (non-hydrogen) atoms. The third kappa shape index (κ3) is 3.67. The highest BCUT2D eigenvalue weighted by atomic mass is 35.5. The first-order valence-electron chi connectivity index (χ1n) is 6.31. The zero-order chi connectivity index (χ0) is 13.1. The normalized spacial score (nSPS) is 18.6. The quantitative estimate of drug-likeness (QED) is 0.929. The highest BCUT2D eigenvalue weighted by molar-refractivity contribution is 5.85. The standard InChI is InChI=1S/C14H18FNO2.ClH/c1-10(12-4-2-3-5-13(12)15)16-8-6-11(7-9-16)14(17)18;/h2-5,10-11H,6-9H2,1H3,(H,17,18);1H. The molecule has 1 N–H and O–H groups in total. The number of benzene rings is 1.